The van der Waals surface area contributed by atoms with Gasteiger partial charge in [0.25, 0.3) is 5.91 Å². The van der Waals surface area contributed by atoms with E-state index >= 15 is 0 Å². The van der Waals surface area contributed by atoms with Crippen molar-refractivity contribution in [3.8, 4) is 0 Å². The lowest BCUT2D eigenvalue weighted by molar-refractivity contribution is 0.0994. The summed E-state index contributed by atoms with van der Waals surface area (Å²) in [7, 11) is 1.91. The molecule has 2 rings (SSSR count). The highest BCUT2D eigenvalue weighted by molar-refractivity contribution is 6.07. The molecule has 0 bridgehead atoms. The third kappa shape index (κ3) is 3.55. The van der Waals surface area contributed by atoms with Gasteiger partial charge in [-0.05, 0) is 61.9 Å². The molecular formula is C20H32N4O. The van der Waals surface area contributed by atoms with Crippen molar-refractivity contribution in [1.82, 2.24) is 4.57 Å². The van der Waals surface area contributed by atoms with E-state index in [1.807, 2.05) is 25.5 Å². The number of aliphatic imine (C=N–C) groups is 1. The highest BCUT2D eigenvalue weighted by atomic mass is 16.1. The average Bonchev–Trinajstić information content (AvgIpc) is 2.85. The van der Waals surface area contributed by atoms with Gasteiger partial charge in [0.2, 0.25) is 0 Å². The molecule has 5 heteroatoms. The summed E-state index contributed by atoms with van der Waals surface area (Å²) in [5, 5.41) is 1.17. The first-order valence-corrected chi connectivity index (χ1v) is 8.93. The number of nitrogens with zero attached hydrogens (tertiary/aromatic N) is 2. The van der Waals surface area contributed by atoms with Crippen LogP contribution in [0.3, 0.4) is 0 Å². The molecule has 4 N–H and O–H groups in total. The minimum Gasteiger partial charge on any atom is -0.370 e. The van der Waals surface area contributed by atoms with Crippen LogP contribution in [0.4, 0.5) is 0 Å². The van der Waals surface area contributed by atoms with Crippen molar-refractivity contribution >= 4 is 22.8 Å². The van der Waals surface area contributed by atoms with Crippen molar-refractivity contribution in [1.29, 1.82) is 0 Å². The van der Waals surface area contributed by atoms with E-state index in [0.717, 1.165) is 23.9 Å². The Bertz CT molecular complexity index is 825. The van der Waals surface area contributed by atoms with Gasteiger partial charge in [-0.25, -0.2) is 0 Å². The number of fused-ring (bicyclic) bond motifs is 1. The quantitative estimate of drug-likeness (QED) is 0.656. The largest absolute Gasteiger partial charge is 0.370 e. The maximum atomic E-state index is 12.6. The van der Waals surface area contributed by atoms with Crippen molar-refractivity contribution in [3.63, 3.8) is 0 Å². The van der Waals surface area contributed by atoms with Crippen molar-refractivity contribution in [2.45, 2.75) is 61.3 Å². The van der Waals surface area contributed by atoms with Gasteiger partial charge in [0.05, 0.1) is 5.52 Å². The van der Waals surface area contributed by atoms with Gasteiger partial charge in [-0.15, -0.1) is 0 Å². The molecule has 0 aliphatic heterocycles. The lowest BCUT2D eigenvalue weighted by atomic mass is 9.92. The van der Waals surface area contributed by atoms with E-state index in [-0.39, 0.29) is 11.9 Å². The van der Waals surface area contributed by atoms with Gasteiger partial charge in [-0.1, -0.05) is 27.2 Å². The summed E-state index contributed by atoms with van der Waals surface area (Å²) in [5.74, 6) is -0.579. The van der Waals surface area contributed by atoms with E-state index in [4.69, 9.17) is 11.5 Å². The second-order valence-corrected chi connectivity index (χ2v) is 6.20. The summed E-state index contributed by atoms with van der Waals surface area (Å²) < 4.78 is 1.95. The van der Waals surface area contributed by atoms with Crippen molar-refractivity contribution in [2.75, 3.05) is 0 Å². The number of carbonyl (C=O) groups is 1. The molecule has 0 radical (unpaired) electrons. The summed E-state index contributed by atoms with van der Waals surface area (Å²) in [4.78, 5) is 16.3. The number of amides is 1. The Morgan fingerprint density at radius 1 is 1.00 bits per heavy atom. The molecule has 0 fully saturated rings. The fourth-order valence-corrected chi connectivity index (χ4v) is 3.45. The molecule has 0 aliphatic rings. The second-order valence-electron chi connectivity index (χ2n) is 6.20. The smallest absolute Gasteiger partial charge is 0.297 e. The Morgan fingerprint density at radius 3 is 2.00 bits per heavy atom. The Balaban J connectivity index is 0.00000151. The first kappa shape index (κ1) is 20.7. The van der Waals surface area contributed by atoms with Gasteiger partial charge < -0.3 is 16.0 Å². The van der Waals surface area contributed by atoms with Crippen molar-refractivity contribution in [3.05, 3.63) is 33.5 Å². The first-order valence-electron chi connectivity index (χ1n) is 8.93. The molecule has 1 amide bonds. The Kier molecular flexibility index (Phi) is 6.79. The number of hydrogen-bond donors (Lipinski definition) is 2. The van der Waals surface area contributed by atoms with E-state index in [2.05, 4.69) is 39.6 Å². The summed E-state index contributed by atoms with van der Waals surface area (Å²) in [5.41, 5.74) is 18.5. The van der Waals surface area contributed by atoms with E-state index < -0.39 is 0 Å². The number of nitrogens with two attached hydrogens (primary N) is 2. The zero-order valence-electron chi connectivity index (χ0n) is 16.9. The van der Waals surface area contributed by atoms with Crippen LogP contribution in [0.2, 0.25) is 0 Å². The van der Waals surface area contributed by atoms with Crippen LogP contribution in [0.15, 0.2) is 4.99 Å². The van der Waals surface area contributed by atoms with Crippen LogP contribution in [-0.4, -0.2) is 16.4 Å². The van der Waals surface area contributed by atoms with Crippen LogP contribution < -0.4 is 11.5 Å². The van der Waals surface area contributed by atoms with Crippen molar-refractivity contribution < 1.29 is 4.79 Å². The number of guanidine groups is 1. The third-order valence-corrected chi connectivity index (χ3v) is 4.85. The van der Waals surface area contributed by atoms with Gasteiger partial charge >= 0.3 is 0 Å². The van der Waals surface area contributed by atoms with E-state index in [0.29, 0.717) is 5.69 Å². The average molecular weight is 345 g/mol. The third-order valence-electron chi connectivity index (χ3n) is 4.85. The fourth-order valence-electron chi connectivity index (χ4n) is 3.45. The van der Waals surface area contributed by atoms with Crippen LogP contribution >= 0.6 is 0 Å². The normalized spacial score (nSPS) is 10.4. The summed E-state index contributed by atoms with van der Waals surface area (Å²) in [6, 6.07) is 0. The molecule has 138 valence electrons. The first-order chi connectivity index (χ1) is 11.7. The molecular weight excluding hydrogens is 312 g/mol. The maximum absolute atomic E-state index is 12.6. The molecule has 0 aliphatic carbocycles. The predicted molar refractivity (Wildman–Crippen MR) is 107 cm³/mol. The standard InChI is InChI=1S/C18H26N4O.C2H6/c1-7-8-13-14-11(4)9(2)10(3)12(5)15(14)22(6)16(13)17(23)21-18(19)20;1-2/h7-8H2,1-6H3,(H4,19,20,21,23);1-2H3. The molecule has 0 saturated heterocycles. The highest BCUT2D eigenvalue weighted by Gasteiger charge is 2.24. The van der Waals surface area contributed by atoms with Gasteiger partial charge in [0.15, 0.2) is 5.96 Å². The minimum absolute atomic E-state index is 0.205. The molecule has 1 aromatic heterocycles. The molecule has 0 atom stereocenters. The maximum Gasteiger partial charge on any atom is 0.297 e. The summed E-state index contributed by atoms with van der Waals surface area (Å²) >= 11 is 0. The highest BCUT2D eigenvalue weighted by Crippen LogP contribution is 2.35. The summed E-state index contributed by atoms with van der Waals surface area (Å²) in [6.07, 6.45) is 1.77. The van der Waals surface area contributed by atoms with Gasteiger partial charge in [-0.2, -0.15) is 4.99 Å². The molecule has 0 spiro atoms. The van der Waals surface area contributed by atoms with E-state index in [9.17, 15) is 4.79 Å². The van der Waals surface area contributed by atoms with Crippen LogP contribution in [0.25, 0.3) is 10.9 Å². The van der Waals surface area contributed by atoms with Gasteiger partial charge in [0, 0.05) is 12.4 Å². The molecule has 0 unspecified atom stereocenters. The van der Waals surface area contributed by atoms with E-state index in [1.165, 1.54) is 27.6 Å². The molecule has 1 aromatic carbocycles. The predicted octanol–water partition coefficient (Wildman–Crippen LogP) is 3.80. The molecule has 0 saturated carbocycles. The number of hydrogen-bond acceptors (Lipinski definition) is 1. The lowest BCUT2D eigenvalue weighted by Gasteiger charge is -2.13. The zero-order chi connectivity index (χ0) is 19.5. The monoisotopic (exact) mass is 344 g/mol. The van der Waals surface area contributed by atoms with Gasteiger partial charge in [-0.3, -0.25) is 4.79 Å². The number of aromatic nitrogens is 1. The fraction of sp³-hybridized carbons (Fsp3) is 0.500. The number of rotatable bonds is 3. The van der Waals surface area contributed by atoms with Crippen LogP contribution in [0.5, 0.6) is 0 Å². The number of benzene rings is 1. The molecule has 2 aromatic rings. The Morgan fingerprint density at radius 2 is 1.52 bits per heavy atom. The van der Waals surface area contributed by atoms with E-state index in [1.54, 1.807) is 0 Å². The van der Waals surface area contributed by atoms with Gasteiger partial charge in [0.1, 0.15) is 5.69 Å². The van der Waals surface area contributed by atoms with Crippen molar-refractivity contribution in [2.24, 2.45) is 23.5 Å². The van der Waals surface area contributed by atoms with Crippen LogP contribution in [-0.2, 0) is 13.5 Å². The summed E-state index contributed by atoms with van der Waals surface area (Å²) in [6.45, 7) is 14.6. The minimum atomic E-state index is -0.374. The topological polar surface area (TPSA) is 86.4 Å². The molecule has 1 heterocycles. The van der Waals surface area contributed by atoms with Crippen LogP contribution in [0, 0.1) is 27.7 Å². The number of carbonyl (C=O) groups excluding carboxylic acids is 1. The molecule has 25 heavy (non-hydrogen) atoms. The SMILES string of the molecule is CC.CCCc1c(C(=O)N=C(N)N)n(C)c2c(C)c(C)c(C)c(C)c12. The Labute approximate surface area is 151 Å². The Hall–Kier alpha value is -2.30. The lowest BCUT2D eigenvalue weighted by Crippen LogP contribution is -2.25. The second kappa shape index (κ2) is 8.19. The number of aryl methyl sites for hydroxylation is 4. The zero-order valence-corrected chi connectivity index (χ0v) is 16.9. The molecule has 5 nitrogen and oxygen atoms in total. The van der Waals surface area contributed by atoms with Crippen LogP contribution in [0.1, 0.15) is 65.5 Å².